The Balaban J connectivity index is 1.97. The molecule has 0 fully saturated rings. The van der Waals surface area contributed by atoms with Crippen LogP contribution < -0.4 is 9.64 Å². The zero-order valence-corrected chi connectivity index (χ0v) is 13.0. The average molecular weight is 292 g/mol. The Labute approximate surface area is 133 Å². The van der Waals surface area contributed by atoms with Crippen molar-refractivity contribution in [2.75, 3.05) is 20.1 Å². The zero-order chi connectivity index (χ0) is 15.8. The highest BCUT2D eigenvalue weighted by Gasteiger charge is 2.07. The van der Waals surface area contributed by atoms with Crippen molar-refractivity contribution >= 4 is 5.57 Å². The minimum absolute atomic E-state index is 0.568. The molecule has 22 heavy (non-hydrogen) atoms. The lowest BCUT2D eigenvalue weighted by atomic mass is 10.1. The third-order valence-corrected chi connectivity index (χ3v) is 3.41. The van der Waals surface area contributed by atoms with E-state index in [1.165, 1.54) is 4.90 Å². The summed E-state index contributed by atoms with van der Waals surface area (Å²) in [5, 5.41) is 0. The second-order valence-corrected chi connectivity index (χ2v) is 5.42. The number of nitrogens with one attached hydrogen (secondary N) is 1. The van der Waals surface area contributed by atoms with E-state index < -0.39 is 0 Å². The van der Waals surface area contributed by atoms with Gasteiger partial charge in [-0.15, -0.1) is 6.42 Å². The van der Waals surface area contributed by atoms with Gasteiger partial charge in [-0.1, -0.05) is 49.0 Å². The van der Waals surface area contributed by atoms with Gasteiger partial charge in [-0.25, -0.2) is 0 Å². The van der Waals surface area contributed by atoms with Crippen LogP contribution in [0.3, 0.4) is 0 Å². The molecule has 0 spiro atoms. The van der Waals surface area contributed by atoms with Crippen LogP contribution in [0.5, 0.6) is 5.75 Å². The van der Waals surface area contributed by atoms with Crippen LogP contribution >= 0.6 is 0 Å². The normalized spacial score (nSPS) is 11.5. The van der Waals surface area contributed by atoms with Crippen molar-refractivity contribution in [2.45, 2.75) is 6.61 Å². The Morgan fingerprint density at radius 1 is 1.18 bits per heavy atom. The third kappa shape index (κ3) is 4.80. The third-order valence-electron chi connectivity index (χ3n) is 3.41. The molecule has 1 atom stereocenters. The fraction of sp³-hybridized carbons (Fsp3) is 0.200. The molecule has 0 aliphatic carbocycles. The molecule has 0 radical (unpaired) electrons. The topological polar surface area (TPSA) is 13.7 Å². The molecule has 2 nitrogen and oxygen atoms in total. The summed E-state index contributed by atoms with van der Waals surface area (Å²) in [5.74, 6) is 3.53. The van der Waals surface area contributed by atoms with Gasteiger partial charge in [-0.05, 0) is 29.2 Å². The van der Waals surface area contributed by atoms with Gasteiger partial charge in [0.05, 0.1) is 7.05 Å². The Hall–Kier alpha value is -2.50. The molecule has 0 saturated carbocycles. The van der Waals surface area contributed by atoms with Crippen molar-refractivity contribution in [1.82, 2.24) is 0 Å². The van der Waals surface area contributed by atoms with Crippen molar-refractivity contribution in [3.8, 4) is 18.1 Å². The van der Waals surface area contributed by atoms with E-state index in [0.717, 1.165) is 29.0 Å². The highest BCUT2D eigenvalue weighted by molar-refractivity contribution is 5.65. The molecule has 0 aliphatic heterocycles. The fourth-order valence-corrected chi connectivity index (χ4v) is 2.25. The van der Waals surface area contributed by atoms with Gasteiger partial charge in [0.15, 0.2) is 0 Å². The number of hydrogen-bond acceptors (Lipinski definition) is 1. The first-order chi connectivity index (χ1) is 10.7. The van der Waals surface area contributed by atoms with Gasteiger partial charge in [0.2, 0.25) is 0 Å². The fourth-order valence-electron chi connectivity index (χ4n) is 2.25. The van der Waals surface area contributed by atoms with E-state index >= 15 is 0 Å². The summed E-state index contributed by atoms with van der Waals surface area (Å²) in [6.07, 6.45) is 5.34. The monoisotopic (exact) mass is 292 g/mol. The maximum Gasteiger partial charge on any atom is 0.139 e. The predicted octanol–water partition coefficient (Wildman–Crippen LogP) is 2.43. The van der Waals surface area contributed by atoms with Crippen LogP contribution in [-0.4, -0.2) is 20.1 Å². The SMILES string of the molecule is C#CC[NH+](C)CC(=C)c1cccc(OCc2ccccc2)c1. The van der Waals surface area contributed by atoms with Crippen molar-refractivity contribution in [3.05, 3.63) is 72.3 Å². The molecule has 0 bridgehead atoms. The van der Waals surface area contributed by atoms with Crippen molar-refractivity contribution in [3.63, 3.8) is 0 Å². The highest BCUT2D eigenvalue weighted by atomic mass is 16.5. The van der Waals surface area contributed by atoms with Crippen molar-refractivity contribution < 1.29 is 9.64 Å². The summed E-state index contributed by atoms with van der Waals surface area (Å²) in [4.78, 5) is 1.25. The van der Waals surface area contributed by atoms with Crippen LogP contribution in [0.15, 0.2) is 61.2 Å². The molecule has 112 valence electrons. The van der Waals surface area contributed by atoms with E-state index in [9.17, 15) is 0 Å². The number of benzene rings is 2. The van der Waals surface area contributed by atoms with Gasteiger partial charge >= 0.3 is 0 Å². The standard InChI is InChI=1S/C20H21NO/c1-4-13-21(3)15-17(2)19-11-8-12-20(14-19)22-16-18-9-6-5-7-10-18/h1,5-12,14H,2,13,15-16H2,3H3/p+1. The van der Waals surface area contributed by atoms with Gasteiger partial charge in [-0.2, -0.15) is 0 Å². The zero-order valence-electron chi connectivity index (χ0n) is 13.0. The molecule has 0 saturated heterocycles. The van der Waals surface area contributed by atoms with Crippen LogP contribution in [0.1, 0.15) is 11.1 Å². The Kier molecular flexibility index (Phi) is 5.82. The predicted molar refractivity (Wildman–Crippen MR) is 91.7 cm³/mol. The number of terminal acetylenes is 1. The van der Waals surface area contributed by atoms with Crippen molar-refractivity contribution in [1.29, 1.82) is 0 Å². The smallest absolute Gasteiger partial charge is 0.139 e. The lowest BCUT2D eigenvalue weighted by molar-refractivity contribution is -0.863. The van der Waals surface area contributed by atoms with E-state index in [4.69, 9.17) is 11.2 Å². The number of rotatable bonds is 7. The summed E-state index contributed by atoms with van der Waals surface area (Å²) >= 11 is 0. The molecule has 2 aromatic carbocycles. The summed E-state index contributed by atoms with van der Waals surface area (Å²) < 4.78 is 5.86. The van der Waals surface area contributed by atoms with Gasteiger partial charge in [-0.3, -0.25) is 0 Å². The second-order valence-electron chi connectivity index (χ2n) is 5.42. The van der Waals surface area contributed by atoms with E-state index in [1.807, 2.05) is 36.4 Å². The first-order valence-electron chi connectivity index (χ1n) is 7.38. The molecule has 0 heterocycles. The first-order valence-corrected chi connectivity index (χ1v) is 7.38. The molecule has 0 aliphatic rings. The van der Waals surface area contributed by atoms with E-state index in [-0.39, 0.29) is 0 Å². The highest BCUT2D eigenvalue weighted by Crippen LogP contribution is 2.19. The molecule has 1 N–H and O–H groups in total. The Morgan fingerprint density at radius 3 is 2.68 bits per heavy atom. The molecule has 2 aromatic rings. The van der Waals surface area contributed by atoms with Gasteiger partial charge < -0.3 is 9.64 Å². The quantitative estimate of drug-likeness (QED) is 0.774. The molecule has 2 heteroatoms. The van der Waals surface area contributed by atoms with Crippen LogP contribution in [0.4, 0.5) is 0 Å². The molecule has 0 amide bonds. The minimum atomic E-state index is 0.568. The number of hydrogen-bond donors (Lipinski definition) is 1. The maximum atomic E-state index is 5.86. The summed E-state index contributed by atoms with van der Waals surface area (Å²) in [6.45, 7) is 6.25. The van der Waals surface area contributed by atoms with E-state index in [0.29, 0.717) is 13.2 Å². The summed E-state index contributed by atoms with van der Waals surface area (Å²) in [5.41, 5.74) is 3.32. The van der Waals surface area contributed by atoms with Gasteiger partial charge in [0.1, 0.15) is 25.4 Å². The van der Waals surface area contributed by atoms with Crippen LogP contribution in [0, 0.1) is 12.3 Å². The molecule has 1 unspecified atom stereocenters. The Morgan fingerprint density at radius 2 is 1.95 bits per heavy atom. The average Bonchev–Trinajstić information content (AvgIpc) is 2.54. The summed E-state index contributed by atoms with van der Waals surface area (Å²) in [7, 11) is 2.07. The minimum Gasteiger partial charge on any atom is -0.489 e. The van der Waals surface area contributed by atoms with Crippen LogP contribution in [0.2, 0.25) is 0 Å². The van der Waals surface area contributed by atoms with Crippen LogP contribution in [-0.2, 0) is 6.61 Å². The first kappa shape index (κ1) is 15.9. The maximum absolute atomic E-state index is 5.86. The molecular formula is C20H22NO+. The molecular weight excluding hydrogens is 270 g/mol. The number of ether oxygens (including phenoxy) is 1. The lowest BCUT2D eigenvalue weighted by Crippen LogP contribution is -3.08. The molecule has 2 rings (SSSR count). The Bertz CT molecular complexity index is 655. The van der Waals surface area contributed by atoms with E-state index in [1.54, 1.807) is 0 Å². The van der Waals surface area contributed by atoms with E-state index in [2.05, 4.69) is 37.7 Å². The summed E-state index contributed by atoms with van der Waals surface area (Å²) in [6, 6.07) is 18.2. The molecule has 0 aromatic heterocycles. The van der Waals surface area contributed by atoms with Gasteiger partial charge in [0, 0.05) is 5.57 Å². The second kappa shape index (κ2) is 8.07. The largest absolute Gasteiger partial charge is 0.489 e. The van der Waals surface area contributed by atoms with Gasteiger partial charge in [0.25, 0.3) is 0 Å². The lowest BCUT2D eigenvalue weighted by Gasteiger charge is -2.14. The van der Waals surface area contributed by atoms with Crippen molar-refractivity contribution in [2.24, 2.45) is 0 Å². The number of likely N-dealkylation sites (N-methyl/N-ethyl adjacent to an activating group) is 1. The van der Waals surface area contributed by atoms with Crippen LogP contribution in [0.25, 0.3) is 5.57 Å². The number of quaternary nitrogens is 1.